The largest absolute Gasteiger partial charge is 0.392 e. The van der Waals surface area contributed by atoms with E-state index in [9.17, 15) is 5.11 Å². The fourth-order valence-electron chi connectivity index (χ4n) is 1.65. The van der Waals surface area contributed by atoms with Gasteiger partial charge in [-0.25, -0.2) is 9.67 Å². The topological polar surface area (TPSA) is 50.9 Å². The number of aliphatic hydroxyl groups excluding tert-OH is 1. The maximum atomic E-state index is 9.37. The molecule has 4 nitrogen and oxygen atoms in total. The number of aliphatic hydroxyl groups is 1. The van der Waals surface area contributed by atoms with Crippen molar-refractivity contribution in [1.82, 2.24) is 14.8 Å². The van der Waals surface area contributed by atoms with Gasteiger partial charge in [0.2, 0.25) is 0 Å². The third kappa shape index (κ3) is 2.01. The van der Waals surface area contributed by atoms with E-state index in [1.165, 1.54) is 0 Å². The highest BCUT2D eigenvalue weighted by molar-refractivity contribution is 9.10. The van der Waals surface area contributed by atoms with Crippen molar-refractivity contribution in [3.63, 3.8) is 0 Å². The molecule has 1 N–H and O–H groups in total. The SMILES string of the molecule is Cc1cc(C)c(CO)c(-n2cc(Br)cn2)n1. The van der Waals surface area contributed by atoms with Crippen LogP contribution in [0, 0.1) is 13.8 Å². The fourth-order valence-corrected chi connectivity index (χ4v) is 1.93. The van der Waals surface area contributed by atoms with Crippen LogP contribution in [0.5, 0.6) is 0 Å². The first-order valence-electron chi connectivity index (χ1n) is 4.90. The van der Waals surface area contributed by atoms with Gasteiger partial charge in [-0.3, -0.25) is 0 Å². The van der Waals surface area contributed by atoms with Crippen LogP contribution in [-0.2, 0) is 6.61 Å². The van der Waals surface area contributed by atoms with Gasteiger partial charge in [0.1, 0.15) is 0 Å². The van der Waals surface area contributed by atoms with Crippen molar-refractivity contribution in [1.29, 1.82) is 0 Å². The molecule has 0 radical (unpaired) electrons. The monoisotopic (exact) mass is 281 g/mol. The Morgan fingerprint density at radius 1 is 1.44 bits per heavy atom. The van der Waals surface area contributed by atoms with Crippen molar-refractivity contribution >= 4 is 15.9 Å². The highest BCUT2D eigenvalue weighted by atomic mass is 79.9. The molecule has 0 saturated heterocycles. The van der Waals surface area contributed by atoms with Gasteiger partial charge in [-0.05, 0) is 41.4 Å². The van der Waals surface area contributed by atoms with E-state index in [4.69, 9.17) is 0 Å². The molecule has 0 bridgehead atoms. The molecule has 0 saturated carbocycles. The molecule has 0 atom stereocenters. The van der Waals surface area contributed by atoms with Gasteiger partial charge in [0.25, 0.3) is 0 Å². The number of aromatic nitrogens is 3. The van der Waals surface area contributed by atoms with E-state index in [0.29, 0.717) is 5.82 Å². The molecule has 2 heterocycles. The summed E-state index contributed by atoms with van der Waals surface area (Å²) in [6.45, 7) is 3.85. The molecule has 5 heteroatoms. The maximum absolute atomic E-state index is 9.37. The van der Waals surface area contributed by atoms with Crippen LogP contribution in [0.4, 0.5) is 0 Å². The summed E-state index contributed by atoms with van der Waals surface area (Å²) in [5.41, 5.74) is 2.74. The minimum absolute atomic E-state index is 0.0358. The van der Waals surface area contributed by atoms with Crippen molar-refractivity contribution < 1.29 is 5.11 Å². The Balaban J connectivity index is 2.63. The van der Waals surface area contributed by atoms with Crippen molar-refractivity contribution in [3.05, 3.63) is 39.8 Å². The second-order valence-electron chi connectivity index (χ2n) is 3.64. The third-order valence-corrected chi connectivity index (χ3v) is 2.79. The maximum Gasteiger partial charge on any atom is 0.159 e. The van der Waals surface area contributed by atoms with E-state index in [1.54, 1.807) is 10.9 Å². The number of aryl methyl sites for hydroxylation is 2. The van der Waals surface area contributed by atoms with E-state index in [0.717, 1.165) is 21.3 Å². The zero-order chi connectivity index (χ0) is 11.7. The molecule has 2 aromatic heterocycles. The first-order chi connectivity index (χ1) is 7.61. The molecule has 0 spiro atoms. The first-order valence-corrected chi connectivity index (χ1v) is 5.69. The smallest absolute Gasteiger partial charge is 0.159 e. The zero-order valence-corrected chi connectivity index (χ0v) is 10.7. The van der Waals surface area contributed by atoms with Crippen LogP contribution in [0.25, 0.3) is 5.82 Å². The van der Waals surface area contributed by atoms with Gasteiger partial charge in [0.15, 0.2) is 5.82 Å². The second-order valence-corrected chi connectivity index (χ2v) is 4.56. The highest BCUT2D eigenvalue weighted by Gasteiger charge is 2.10. The standard InChI is InChI=1S/C11H12BrN3O/c1-7-3-8(2)14-11(10(7)6-16)15-5-9(12)4-13-15/h3-5,16H,6H2,1-2H3. The zero-order valence-electron chi connectivity index (χ0n) is 9.11. The van der Waals surface area contributed by atoms with E-state index in [2.05, 4.69) is 26.0 Å². The van der Waals surface area contributed by atoms with Gasteiger partial charge in [0, 0.05) is 17.5 Å². The molecule has 84 valence electrons. The average molecular weight is 282 g/mol. The summed E-state index contributed by atoms with van der Waals surface area (Å²) in [5, 5.41) is 13.5. The van der Waals surface area contributed by atoms with Crippen LogP contribution in [-0.4, -0.2) is 19.9 Å². The van der Waals surface area contributed by atoms with Crippen molar-refractivity contribution in [3.8, 4) is 5.82 Å². The Hall–Kier alpha value is -1.20. The Bertz CT molecular complexity index is 522. The summed E-state index contributed by atoms with van der Waals surface area (Å²) in [6.07, 6.45) is 3.51. The average Bonchev–Trinajstić information content (AvgIpc) is 2.63. The number of nitrogens with zero attached hydrogens (tertiary/aromatic N) is 3. The Morgan fingerprint density at radius 3 is 2.75 bits per heavy atom. The van der Waals surface area contributed by atoms with Crippen molar-refractivity contribution in [2.24, 2.45) is 0 Å². The lowest BCUT2D eigenvalue weighted by atomic mass is 10.1. The van der Waals surface area contributed by atoms with E-state index < -0.39 is 0 Å². The third-order valence-electron chi connectivity index (χ3n) is 2.38. The first kappa shape index (κ1) is 11.3. The summed E-state index contributed by atoms with van der Waals surface area (Å²) in [5.74, 6) is 0.686. The van der Waals surface area contributed by atoms with Crippen molar-refractivity contribution in [2.45, 2.75) is 20.5 Å². The van der Waals surface area contributed by atoms with E-state index in [-0.39, 0.29) is 6.61 Å². The second kappa shape index (κ2) is 4.35. The van der Waals surface area contributed by atoms with Gasteiger partial charge < -0.3 is 5.11 Å². The summed E-state index contributed by atoms with van der Waals surface area (Å²) >= 11 is 3.34. The molecule has 16 heavy (non-hydrogen) atoms. The number of pyridine rings is 1. The van der Waals surface area contributed by atoms with Crippen LogP contribution < -0.4 is 0 Å². The summed E-state index contributed by atoms with van der Waals surface area (Å²) in [7, 11) is 0. The van der Waals surface area contributed by atoms with Crippen LogP contribution in [0.3, 0.4) is 0 Å². The molecule has 0 fully saturated rings. The Kier molecular flexibility index (Phi) is 3.07. The van der Waals surface area contributed by atoms with Crippen LogP contribution in [0.1, 0.15) is 16.8 Å². The van der Waals surface area contributed by atoms with Gasteiger partial charge in [0.05, 0.1) is 17.3 Å². The van der Waals surface area contributed by atoms with Crippen LogP contribution in [0.15, 0.2) is 22.9 Å². The van der Waals surface area contributed by atoms with Crippen LogP contribution >= 0.6 is 15.9 Å². The van der Waals surface area contributed by atoms with Gasteiger partial charge >= 0.3 is 0 Å². The highest BCUT2D eigenvalue weighted by Crippen LogP contribution is 2.19. The molecule has 2 rings (SSSR count). The molecule has 0 aromatic carbocycles. The molecular weight excluding hydrogens is 270 g/mol. The predicted octanol–water partition coefficient (Wildman–Crippen LogP) is 2.14. The lowest BCUT2D eigenvalue weighted by Gasteiger charge is -2.10. The normalized spacial score (nSPS) is 10.8. The number of halogens is 1. The lowest BCUT2D eigenvalue weighted by molar-refractivity contribution is 0.280. The predicted molar refractivity (Wildman–Crippen MR) is 64.5 cm³/mol. The van der Waals surface area contributed by atoms with Crippen molar-refractivity contribution in [2.75, 3.05) is 0 Å². The minimum Gasteiger partial charge on any atom is -0.392 e. The summed E-state index contributed by atoms with van der Waals surface area (Å²) in [4.78, 5) is 4.41. The van der Waals surface area contributed by atoms with Gasteiger partial charge in [-0.1, -0.05) is 0 Å². The van der Waals surface area contributed by atoms with Gasteiger partial charge in [-0.2, -0.15) is 5.10 Å². The summed E-state index contributed by atoms with van der Waals surface area (Å²) in [6, 6.07) is 1.95. The molecule has 0 unspecified atom stereocenters. The molecule has 0 amide bonds. The van der Waals surface area contributed by atoms with Crippen LogP contribution in [0.2, 0.25) is 0 Å². The van der Waals surface area contributed by atoms with E-state index in [1.807, 2.05) is 26.1 Å². The fraction of sp³-hybridized carbons (Fsp3) is 0.273. The summed E-state index contributed by atoms with van der Waals surface area (Å²) < 4.78 is 2.55. The van der Waals surface area contributed by atoms with Gasteiger partial charge in [-0.15, -0.1) is 0 Å². The molecule has 0 aliphatic rings. The number of hydrogen-bond acceptors (Lipinski definition) is 3. The molecule has 2 aromatic rings. The minimum atomic E-state index is -0.0358. The number of hydrogen-bond donors (Lipinski definition) is 1. The Morgan fingerprint density at radius 2 is 2.19 bits per heavy atom. The molecule has 0 aliphatic carbocycles. The molecule has 0 aliphatic heterocycles. The molecular formula is C11H12BrN3O. The Labute approximate surface area is 102 Å². The number of rotatable bonds is 2. The lowest BCUT2D eigenvalue weighted by Crippen LogP contribution is -2.06. The quantitative estimate of drug-likeness (QED) is 0.918. The van der Waals surface area contributed by atoms with E-state index >= 15 is 0 Å².